The van der Waals surface area contributed by atoms with Crippen LogP contribution >= 0.6 is 0 Å². The SMILES string of the molecule is c1ccc(-c2cn3c4ncccc4c4ccc(Oc5ccc6c(c5)c5nc(-c7ccccc7)c(-c7ccccc7)n5c5cccnc65)cc4c3n2)cc1. The molecule has 0 radical (unpaired) electrons. The normalized spacial score (nSPS) is 11.8. The number of benzene rings is 5. The van der Waals surface area contributed by atoms with Crippen LogP contribution in [0.15, 0.2) is 170 Å². The Morgan fingerprint density at radius 3 is 1.85 bits per heavy atom. The Labute approximate surface area is 303 Å². The molecule has 7 nitrogen and oxygen atoms in total. The summed E-state index contributed by atoms with van der Waals surface area (Å²) in [6, 6.07) is 51.7. The molecule has 0 saturated carbocycles. The van der Waals surface area contributed by atoms with E-state index in [1.165, 1.54) is 0 Å². The lowest BCUT2D eigenvalue weighted by molar-refractivity contribution is 0.484. The topological polar surface area (TPSA) is 69.6 Å². The van der Waals surface area contributed by atoms with Gasteiger partial charge in [0.25, 0.3) is 0 Å². The van der Waals surface area contributed by atoms with Gasteiger partial charge >= 0.3 is 0 Å². The van der Waals surface area contributed by atoms with E-state index in [4.69, 9.17) is 24.7 Å². The maximum atomic E-state index is 6.70. The maximum absolute atomic E-state index is 6.70. The summed E-state index contributed by atoms with van der Waals surface area (Å²) < 4.78 is 11.0. The van der Waals surface area contributed by atoms with Crippen molar-refractivity contribution in [3.8, 4) is 45.3 Å². The van der Waals surface area contributed by atoms with Crippen molar-refractivity contribution >= 4 is 54.9 Å². The van der Waals surface area contributed by atoms with E-state index in [1.807, 2.05) is 67.0 Å². The van der Waals surface area contributed by atoms with E-state index in [2.05, 4.69) is 112 Å². The highest BCUT2D eigenvalue weighted by Gasteiger charge is 2.22. The summed E-state index contributed by atoms with van der Waals surface area (Å²) in [5.74, 6) is 1.41. The Hall–Kier alpha value is -7.38. The average Bonchev–Trinajstić information content (AvgIpc) is 3.87. The van der Waals surface area contributed by atoms with E-state index in [0.717, 1.165) is 88.7 Å². The number of aromatic nitrogens is 6. The van der Waals surface area contributed by atoms with Gasteiger partial charge in [-0.2, -0.15) is 0 Å². The molecule has 6 heterocycles. The van der Waals surface area contributed by atoms with Gasteiger partial charge in [-0.3, -0.25) is 13.8 Å². The van der Waals surface area contributed by atoms with Crippen LogP contribution in [0.25, 0.3) is 88.7 Å². The molecule has 0 aliphatic rings. The van der Waals surface area contributed by atoms with Crippen molar-refractivity contribution in [2.45, 2.75) is 0 Å². The summed E-state index contributed by atoms with van der Waals surface area (Å²) in [6.45, 7) is 0. The van der Waals surface area contributed by atoms with E-state index in [1.54, 1.807) is 0 Å². The molecule has 53 heavy (non-hydrogen) atoms. The molecule has 0 aliphatic carbocycles. The number of hydrogen-bond donors (Lipinski definition) is 0. The minimum absolute atomic E-state index is 0.700. The summed E-state index contributed by atoms with van der Waals surface area (Å²) in [5.41, 5.74) is 10.4. The number of fused-ring (bicyclic) bond motifs is 12. The van der Waals surface area contributed by atoms with Crippen LogP contribution in [0.2, 0.25) is 0 Å². The van der Waals surface area contributed by atoms with Gasteiger partial charge in [0.2, 0.25) is 0 Å². The first-order valence-corrected chi connectivity index (χ1v) is 17.5. The van der Waals surface area contributed by atoms with E-state index >= 15 is 0 Å². The van der Waals surface area contributed by atoms with E-state index in [-0.39, 0.29) is 0 Å². The van der Waals surface area contributed by atoms with Gasteiger partial charge in [0.05, 0.1) is 28.1 Å². The molecule has 6 aromatic heterocycles. The molecular formula is C46H28N6O. The lowest BCUT2D eigenvalue weighted by Gasteiger charge is -2.13. The molecule has 11 aromatic rings. The number of imidazole rings is 2. The Balaban J connectivity index is 1.12. The first-order chi connectivity index (χ1) is 26.3. The van der Waals surface area contributed by atoms with Gasteiger partial charge in [-0.15, -0.1) is 0 Å². The predicted octanol–water partition coefficient (Wildman–Crippen LogP) is 11.2. The third kappa shape index (κ3) is 4.61. The van der Waals surface area contributed by atoms with Gasteiger partial charge in [0, 0.05) is 56.8 Å². The second kappa shape index (κ2) is 11.6. The molecule has 0 saturated heterocycles. The molecule has 0 spiro atoms. The molecule has 0 unspecified atom stereocenters. The summed E-state index contributed by atoms with van der Waals surface area (Å²) in [6.07, 6.45) is 5.75. The van der Waals surface area contributed by atoms with Gasteiger partial charge < -0.3 is 4.74 Å². The van der Waals surface area contributed by atoms with Crippen molar-refractivity contribution in [1.82, 2.24) is 28.7 Å². The zero-order valence-corrected chi connectivity index (χ0v) is 28.3. The fourth-order valence-electron chi connectivity index (χ4n) is 7.68. The monoisotopic (exact) mass is 680 g/mol. The predicted molar refractivity (Wildman–Crippen MR) is 212 cm³/mol. The van der Waals surface area contributed by atoms with Crippen LogP contribution < -0.4 is 4.74 Å². The van der Waals surface area contributed by atoms with Crippen LogP contribution in [0.4, 0.5) is 0 Å². The molecule has 0 bridgehead atoms. The highest BCUT2D eigenvalue weighted by molar-refractivity contribution is 6.13. The van der Waals surface area contributed by atoms with Crippen LogP contribution in [0.3, 0.4) is 0 Å². The van der Waals surface area contributed by atoms with Crippen molar-refractivity contribution in [1.29, 1.82) is 0 Å². The van der Waals surface area contributed by atoms with E-state index in [0.29, 0.717) is 11.5 Å². The van der Waals surface area contributed by atoms with E-state index < -0.39 is 0 Å². The summed E-state index contributed by atoms with van der Waals surface area (Å²) in [5, 5.41) is 5.06. The molecule has 0 amide bonds. The number of nitrogens with zero attached hydrogens (tertiary/aromatic N) is 6. The van der Waals surface area contributed by atoms with Crippen LogP contribution in [-0.2, 0) is 0 Å². The minimum Gasteiger partial charge on any atom is -0.457 e. The largest absolute Gasteiger partial charge is 0.457 e. The van der Waals surface area contributed by atoms with Crippen molar-refractivity contribution in [2.24, 2.45) is 0 Å². The number of rotatable bonds is 5. The fourth-order valence-corrected chi connectivity index (χ4v) is 7.68. The first-order valence-electron chi connectivity index (χ1n) is 17.5. The molecule has 0 atom stereocenters. The maximum Gasteiger partial charge on any atom is 0.147 e. The number of hydrogen-bond acceptors (Lipinski definition) is 5. The fraction of sp³-hybridized carbons (Fsp3) is 0. The summed E-state index contributed by atoms with van der Waals surface area (Å²) >= 11 is 0. The Kier molecular flexibility index (Phi) is 6.42. The van der Waals surface area contributed by atoms with Crippen molar-refractivity contribution in [2.75, 3.05) is 0 Å². The van der Waals surface area contributed by atoms with Crippen molar-refractivity contribution in [3.63, 3.8) is 0 Å². The average molecular weight is 681 g/mol. The van der Waals surface area contributed by atoms with Gasteiger partial charge in [0.1, 0.15) is 28.4 Å². The lowest BCUT2D eigenvalue weighted by atomic mass is 10.0. The smallest absolute Gasteiger partial charge is 0.147 e. The third-order valence-corrected chi connectivity index (χ3v) is 10.0. The zero-order valence-electron chi connectivity index (χ0n) is 28.3. The molecule has 0 aliphatic heterocycles. The summed E-state index contributed by atoms with van der Waals surface area (Å²) in [4.78, 5) is 20.2. The number of ether oxygens (including phenoxy) is 1. The Morgan fingerprint density at radius 1 is 0.453 bits per heavy atom. The molecular weight excluding hydrogens is 653 g/mol. The van der Waals surface area contributed by atoms with Crippen molar-refractivity contribution in [3.05, 3.63) is 170 Å². The van der Waals surface area contributed by atoms with Crippen LogP contribution in [0, 0.1) is 0 Å². The summed E-state index contributed by atoms with van der Waals surface area (Å²) in [7, 11) is 0. The van der Waals surface area contributed by atoms with Crippen molar-refractivity contribution < 1.29 is 4.74 Å². The second-order valence-electron chi connectivity index (χ2n) is 13.1. The standard InChI is InChI=1S/C46H28N6O/c1-4-12-29(13-5-1)39-28-51-44-36(18-10-25-48-44)34-22-20-32(26-37(34)45(51)49-39)53-33-21-23-35-38(27-33)46-50-41(30-14-6-2-7-15-30)43(31-16-8-3-9-17-31)52(46)40-19-11-24-47-42(35)40/h1-28H. The molecule has 0 N–H and O–H groups in total. The molecule has 11 rings (SSSR count). The van der Waals surface area contributed by atoms with E-state index in [9.17, 15) is 0 Å². The third-order valence-electron chi connectivity index (χ3n) is 10.0. The first kappa shape index (κ1) is 29.4. The highest BCUT2D eigenvalue weighted by Crippen LogP contribution is 2.40. The van der Waals surface area contributed by atoms with Gasteiger partial charge in [-0.05, 0) is 66.0 Å². The van der Waals surface area contributed by atoms with Crippen LogP contribution in [-0.4, -0.2) is 28.7 Å². The highest BCUT2D eigenvalue weighted by atomic mass is 16.5. The Bertz CT molecular complexity index is 3190. The van der Waals surface area contributed by atoms with Gasteiger partial charge in [0.15, 0.2) is 0 Å². The molecule has 7 heteroatoms. The number of pyridine rings is 4. The Morgan fingerprint density at radius 2 is 1.09 bits per heavy atom. The molecule has 0 fully saturated rings. The minimum atomic E-state index is 0.700. The quantitative estimate of drug-likeness (QED) is 0.169. The molecule has 248 valence electrons. The van der Waals surface area contributed by atoms with Gasteiger partial charge in [-0.1, -0.05) is 91.0 Å². The molecule has 5 aromatic carbocycles. The lowest BCUT2D eigenvalue weighted by Crippen LogP contribution is -1.96. The van der Waals surface area contributed by atoms with Crippen LogP contribution in [0.1, 0.15) is 0 Å². The second-order valence-corrected chi connectivity index (χ2v) is 13.1. The van der Waals surface area contributed by atoms with Gasteiger partial charge in [-0.25, -0.2) is 15.0 Å². The zero-order chi connectivity index (χ0) is 34.9. The van der Waals surface area contributed by atoms with Crippen LogP contribution in [0.5, 0.6) is 11.5 Å².